The van der Waals surface area contributed by atoms with Crippen LogP contribution in [0.15, 0.2) is 59.2 Å². The molecule has 15 nitrogen and oxygen atoms in total. The number of carbonyl (C=O) groups is 3. The monoisotopic (exact) mass is 1010 g/mol. The van der Waals surface area contributed by atoms with Gasteiger partial charge in [0.1, 0.15) is 28.2 Å². The molecule has 0 aromatic heterocycles. The predicted octanol–water partition coefficient (Wildman–Crippen LogP) is 7.18. The van der Waals surface area contributed by atoms with Crippen LogP contribution < -0.4 is 30.9 Å². The van der Waals surface area contributed by atoms with E-state index in [1.54, 1.807) is 6.07 Å². The number of hydrogen-bond acceptors (Lipinski definition) is 11. The van der Waals surface area contributed by atoms with E-state index < -0.39 is 15.5 Å². The molecule has 0 radical (unpaired) electrons. The fourth-order valence-corrected chi connectivity index (χ4v) is 12.9. The summed E-state index contributed by atoms with van der Waals surface area (Å²) in [6.45, 7) is 15.9. The highest BCUT2D eigenvalue weighted by Gasteiger charge is 2.45. The molecule has 4 N–H and O–H groups in total. The fraction of sp³-hybridized carbons (Fsp3) is 0.593. The molecule has 6 aliphatic heterocycles. The van der Waals surface area contributed by atoms with Crippen molar-refractivity contribution >= 4 is 62.4 Å². The molecule has 3 atom stereocenters. The molecule has 8 rings (SSSR count). The lowest BCUT2D eigenvalue weighted by atomic mass is 9.81. The highest BCUT2D eigenvalue weighted by molar-refractivity contribution is 8.00. The van der Waals surface area contributed by atoms with Crippen molar-refractivity contribution < 1.29 is 46.1 Å². The van der Waals surface area contributed by atoms with Crippen LogP contribution in [-0.2, 0) is 47.4 Å². The Morgan fingerprint density at radius 2 is 1.66 bits per heavy atom. The Hall–Kier alpha value is -4.68. The minimum atomic E-state index is -4.65. The van der Waals surface area contributed by atoms with Gasteiger partial charge in [0, 0.05) is 96.4 Å². The van der Waals surface area contributed by atoms with Gasteiger partial charge in [-0.25, -0.2) is 13.2 Å². The van der Waals surface area contributed by atoms with E-state index in [4.69, 9.17) is 14.2 Å². The highest BCUT2D eigenvalue weighted by atomic mass is 32.2. The summed E-state index contributed by atoms with van der Waals surface area (Å²) in [5.74, 6) is 2.83. The number of benzene rings is 2. The van der Waals surface area contributed by atoms with Gasteiger partial charge in [0.25, 0.3) is 0 Å². The molecule has 17 heteroatoms. The molecular formula is C54H74N6O9S2. The third kappa shape index (κ3) is 12.8. The van der Waals surface area contributed by atoms with Crippen LogP contribution in [0.3, 0.4) is 0 Å². The average Bonchev–Trinajstić information content (AvgIpc) is 3.95. The lowest BCUT2D eigenvalue weighted by Gasteiger charge is -2.40. The van der Waals surface area contributed by atoms with Crippen LogP contribution in [0.5, 0.6) is 5.75 Å². The fourth-order valence-electron chi connectivity index (χ4n) is 10.9. The van der Waals surface area contributed by atoms with Gasteiger partial charge in [0.2, 0.25) is 17.5 Å². The Morgan fingerprint density at radius 3 is 2.37 bits per heavy atom. The number of carbonyl (C=O) groups excluding carboxylic acids is 3. The van der Waals surface area contributed by atoms with E-state index in [2.05, 4.69) is 95.7 Å². The summed E-state index contributed by atoms with van der Waals surface area (Å²) in [7, 11) is -4.65. The zero-order chi connectivity index (χ0) is 50.3. The van der Waals surface area contributed by atoms with Crippen LogP contribution in [0.1, 0.15) is 121 Å². The standard InChI is InChI=1S/C54H74N6O9S2/c1-53(2,3)46-33-36(40-32-37-15-12-25-59-26-13-16-39(50(37)59)51(40)69-46)14-11-18-45-54(4,5)41-34-38(71(64,65)66)21-22-43(41)60(45)27-10-6-7-19-47(61)55-23-28-67-30-31-68-29-24-56-48(62)20-9-8-17-44-49-42(35-70-44)57-52(63)58-49/h11,14,18,21-22,32-34,42,44,49H,6-10,12-13,15-17,19-20,23-31,35H2,1-5H3,(H4-,55,56,57,58,61,62,63,64,65,66)/t42-,44-,49-/m1/s1. The number of anilines is 1. The van der Waals surface area contributed by atoms with Crippen molar-refractivity contribution in [3.63, 3.8) is 0 Å². The maximum atomic E-state index is 12.7. The number of rotatable bonds is 23. The van der Waals surface area contributed by atoms with E-state index in [9.17, 15) is 27.4 Å². The van der Waals surface area contributed by atoms with Gasteiger partial charge in [-0.05, 0) is 101 Å². The lowest BCUT2D eigenvalue weighted by Crippen LogP contribution is -2.36. The van der Waals surface area contributed by atoms with Gasteiger partial charge in [0.05, 0.1) is 48.8 Å². The van der Waals surface area contributed by atoms with Crippen LogP contribution in [0.2, 0.25) is 0 Å². The zero-order valence-corrected chi connectivity index (χ0v) is 43.9. The number of urea groups is 1. The summed E-state index contributed by atoms with van der Waals surface area (Å²) >= 11 is 1.89. The maximum absolute atomic E-state index is 12.7. The first-order valence-corrected chi connectivity index (χ1v) is 28.3. The summed E-state index contributed by atoms with van der Waals surface area (Å²) in [4.78, 5) is 38.8. The predicted molar refractivity (Wildman–Crippen MR) is 278 cm³/mol. The normalized spacial score (nSPS) is 21.6. The summed E-state index contributed by atoms with van der Waals surface area (Å²) in [6, 6.07) is 7.37. The number of thioether (sulfide) groups is 1. The molecule has 6 aliphatic rings. The molecule has 6 heterocycles. The minimum Gasteiger partial charge on any atom is -0.744 e. The molecule has 0 spiro atoms. The van der Waals surface area contributed by atoms with Crippen molar-refractivity contribution in [1.82, 2.24) is 21.3 Å². The van der Waals surface area contributed by atoms with Crippen molar-refractivity contribution in [2.24, 2.45) is 5.41 Å². The Kier molecular flexibility index (Phi) is 17.1. The van der Waals surface area contributed by atoms with Gasteiger partial charge in [-0.15, -0.1) is 0 Å². The molecule has 2 fully saturated rings. The Labute approximate surface area is 424 Å². The number of amides is 4. The largest absolute Gasteiger partial charge is 0.744 e. The summed E-state index contributed by atoms with van der Waals surface area (Å²) in [5, 5.41) is 12.2. The number of allylic oxidation sites excluding steroid dienone is 6. The molecule has 386 valence electrons. The van der Waals surface area contributed by atoms with Gasteiger partial charge in [0.15, 0.2) is 5.71 Å². The van der Waals surface area contributed by atoms with Crippen LogP contribution in [-0.4, -0.2) is 123 Å². The van der Waals surface area contributed by atoms with Crippen molar-refractivity contribution in [2.45, 2.75) is 139 Å². The van der Waals surface area contributed by atoms with Crippen molar-refractivity contribution in [1.29, 1.82) is 0 Å². The molecular weight excluding hydrogens is 941 g/mol. The molecule has 0 aliphatic carbocycles. The van der Waals surface area contributed by atoms with Gasteiger partial charge in [-0.2, -0.15) is 16.3 Å². The zero-order valence-electron chi connectivity index (χ0n) is 42.3. The van der Waals surface area contributed by atoms with E-state index in [1.807, 2.05) is 11.8 Å². The van der Waals surface area contributed by atoms with Crippen LogP contribution in [0, 0.1) is 5.41 Å². The Bertz CT molecular complexity index is 2560. The molecule has 0 bridgehead atoms. The van der Waals surface area contributed by atoms with E-state index in [0.717, 1.165) is 116 Å². The van der Waals surface area contributed by atoms with Gasteiger partial charge < -0.3 is 44.9 Å². The first-order chi connectivity index (χ1) is 34.0. The second-order valence-corrected chi connectivity index (χ2v) is 23.8. The molecule has 0 saturated carbocycles. The minimum absolute atomic E-state index is 0.0140. The number of fused-ring (bicyclic) bond motifs is 4. The lowest BCUT2D eigenvalue weighted by molar-refractivity contribution is -0.438. The van der Waals surface area contributed by atoms with E-state index in [0.29, 0.717) is 70.6 Å². The van der Waals surface area contributed by atoms with E-state index >= 15 is 0 Å². The SMILES string of the molecule is CC(C)(C)C1=C/C(=C/C=C/C2=[N+](CCCCCC(=O)NCCOCCOCCNC(=O)CCCC[C@H]3SC[C@H]4NC(=O)N[C@H]43)c3ccc(S(=O)(=O)[O-])cc3C2(C)C)c2cc3c4c(c2O1)CCCN4CCC3. The molecule has 2 aromatic rings. The van der Waals surface area contributed by atoms with Crippen LogP contribution in [0.25, 0.3) is 5.57 Å². The van der Waals surface area contributed by atoms with E-state index in [1.165, 1.54) is 28.9 Å². The number of nitrogens with one attached hydrogen (secondary N) is 4. The molecule has 2 saturated heterocycles. The Balaban J connectivity index is 0.781. The maximum Gasteiger partial charge on any atom is 0.315 e. The number of unbranched alkanes of at least 4 members (excludes halogenated alkanes) is 3. The number of aryl methyl sites for hydroxylation is 1. The van der Waals surface area contributed by atoms with Crippen molar-refractivity contribution in [3.8, 4) is 5.75 Å². The second-order valence-electron chi connectivity index (χ2n) is 21.2. The van der Waals surface area contributed by atoms with E-state index in [-0.39, 0.29) is 40.2 Å². The molecule has 2 aromatic carbocycles. The topological polar surface area (TPSA) is 190 Å². The second kappa shape index (κ2) is 23.0. The van der Waals surface area contributed by atoms with Crippen LogP contribution in [0.4, 0.5) is 16.2 Å². The van der Waals surface area contributed by atoms with Gasteiger partial charge >= 0.3 is 6.03 Å². The summed E-state index contributed by atoms with van der Waals surface area (Å²) in [5.41, 5.74) is 8.17. The number of ether oxygens (including phenoxy) is 3. The average molecular weight is 1020 g/mol. The molecule has 0 unspecified atom stereocenters. The molecule has 71 heavy (non-hydrogen) atoms. The first-order valence-electron chi connectivity index (χ1n) is 25.8. The quantitative estimate of drug-likeness (QED) is 0.0382. The van der Waals surface area contributed by atoms with Crippen molar-refractivity contribution in [2.75, 3.05) is 69.8 Å². The summed E-state index contributed by atoms with van der Waals surface area (Å²) < 4.78 is 56.8. The smallest absolute Gasteiger partial charge is 0.315 e. The first kappa shape index (κ1) is 52.6. The number of hydrogen-bond donors (Lipinski definition) is 4. The van der Waals surface area contributed by atoms with Crippen LogP contribution >= 0.6 is 11.8 Å². The van der Waals surface area contributed by atoms with Gasteiger partial charge in [-0.3, -0.25) is 9.59 Å². The molecule has 4 amide bonds. The highest BCUT2D eigenvalue weighted by Crippen LogP contribution is 2.49. The van der Waals surface area contributed by atoms with Crippen molar-refractivity contribution in [3.05, 3.63) is 76.6 Å². The number of nitrogens with zero attached hydrogens (tertiary/aromatic N) is 2. The Morgan fingerprint density at radius 1 is 0.958 bits per heavy atom. The third-order valence-electron chi connectivity index (χ3n) is 14.6. The summed E-state index contributed by atoms with van der Waals surface area (Å²) in [6.07, 6.45) is 18.8. The van der Waals surface area contributed by atoms with Gasteiger partial charge in [-0.1, -0.05) is 39.3 Å². The third-order valence-corrected chi connectivity index (χ3v) is 16.9.